The van der Waals surface area contributed by atoms with E-state index < -0.39 is 17.9 Å². The molecule has 23 heavy (non-hydrogen) atoms. The standard InChI is InChI=1S/C18H26N2O3/c19-16(21)13-20(12-11-14-7-3-1-4-8-14)18(23)17(22)15-9-5-2-6-10-15/h2,5-6,9-10,14,17,22H,1,3-4,7-8,11-13H2,(H2,19,21). The van der Waals surface area contributed by atoms with Gasteiger partial charge >= 0.3 is 0 Å². The predicted molar refractivity (Wildman–Crippen MR) is 88.4 cm³/mol. The number of aliphatic hydroxyl groups is 1. The summed E-state index contributed by atoms with van der Waals surface area (Å²) in [4.78, 5) is 25.2. The molecule has 0 aromatic heterocycles. The number of aliphatic hydroxyl groups excluding tert-OH is 1. The van der Waals surface area contributed by atoms with E-state index in [0.29, 0.717) is 18.0 Å². The number of benzene rings is 1. The molecule has 1 aromatic carbocycles. The highest BCUT2D eigenvalue weighted by atomic mass is 16.3. The van der Waals surface area contributed by atoms with E-state index in [0.717, 1.165) is 6.42 Å². The van der Waals surface area contributed by atoms with Crippen molar-refractivity contribution in [2.24, 2.45) is 11.7 Å². The average molecular weight is 318 g/mol. The van der Waals surface area contributed by atoms with Gasteiger partial charge in [0.05, 0.1) is 6.54 Å². The van der Waals surface area contributed by atoms with Crippen molar-refractivity contribution in [1.82, 2.24) is 4.90 Å². The van der Waals surface area contributed by atoms with Crippen LogP contribution in [0.15, 0.2) is 30.3 Å². The molecule has 0 spiro atoms. The van der Waals surface area contributed by atoms with E-state index >= 15 is 0 Å². The van der Waals surface area contributed by atoms with Crippen molar-refractivity contribution in [2.75, 3.05) is 13.1 Å². The molecule has 1 unspecified atom stereocenters. The van der Waals surface area contributed by atoms with E-state index in [-0.39, 0.29) is 6.54 Å². The molecule has 0 heterocycles. The summed E-state index contributed by atoms with van der Waals surface area (Å²) in [5.74, 6) is -0.408. The Morgan fingerprint density at radius 3 is 2.43 bits per heavy atom. The highest BCUT2D eigenvalue weighted by molar-refractivity contribution is 5.86. The topological polar surface area (TPSA) is 83.6 Å². The van der Waals surface area contributed by atoms with Crippen LogP contribution < -0.4 is 5.73 Å². The van der Waals surface area contributed by atoms with Gasteiger partial charge in [0.1, 0.15) is 0 Å². The minimum atomic E-state index is -1.25. The first-order chi connectivity index (χ1) is 11.1. The molecule has 1 fully saturated rings. The average Bonchev–Trinajstić information content (AvgIpc) is 2.58. The molecule has 1 aliphatic carbocycles. The molecule has 3 N–H and O–H groups in total. The minimum Gasteiger partial charge on any atom is -0.378 e. The lowest BCUT2D eigenvalue weighted by Crippen LogP contribution is -2.42. The minimum absolute atomic E-state index is 0.143. The molecule has 1 aromatic rings. The van der Waals surface area contributed by atoms with Gasteiger partial charge in [0.2, 0.25) is 5.91 Å². The number of rotatable bonds is 7. The van der Waals surface area contributed by atoms with Crippen LogP contribution in [-0.4, -0.2) is 34.9 Å². The van der Waals surface area contributed by atoms with Crippen molar-refractivity contribution in [2.45, 2.75) is 44.6 Å². The van der Waals surface area contributed by atoms with Crippen LogP contribution in [0.5, 0.6) is 0 Å². The molecule has 2 rings (SSSR count). The first-order valence-corrected chi connectivity index (χ1v) is 8.38. The van der Waals surface area contributed by atoms with E-state index in [1.54, 1.807) is 24.3 Å². The summed E-state index contributed by atoms with van der Waals surface area (Å²) in [5, 5.41) is 10.3. The van der Waals surface area contributed by atoms with Gasteiger partial charge < -0.3 is 15.7 Å². The van der Waals surface area contributed by atoms with Crippen molar-refractivity contribution >= 4 is 11.8 Å². The molecule has 0 saturated heterocycles. The fraction of sp³-hybridized carbons (Fsp3) is 0.556. The number of primary amides is 1. The second-order valence-electron chi connectivity index (χ2n) is 6.33. The molecular formula is C18H26N2O3. The van der Waals surface area contributed by atoms with Crippen molar-refractivity contribution < 1.29 is 14.7 Å². The Bertz CT molecular complexity index is 512. The van der Waals surface area contributed by atoms with E-state index in [1.807, 2.05) is 6.07 Å². The number of hydrogen-bond donors (Lipinski definition) is 2. The van der Waals surface area contributed by atoms with Gasteiger partial charge in [-0.1, -0.05) is 62.4 Å². The molecule has 1 saturated carbocycles. The molecule has 5 heteroatoms. The van der Waals surface area contributed by atoms with Crippen molar-refractivity contribution in [3.63, 3.8) is 0 Å². The molecule has 0 aliphatic heterocycles. The van der Waals surface area contributed by atoms with Crippen LogP contribution in [0.4, 0.5) is 0 Å². The normalized spacial score (nSPS) is 16.7. The number of carbonyl (C=O) groups is 2. The lowest BCUT2D eigenvalue weighted by Gasteiger charge is -2.28. The maximum absolute atomic E-state index is 12.5. The molecule has 0 bridgehead atoms. The smallest absolute Gasteiger partial charge is 0.256 e. The maximum atomic E-state index is 12.5. The van der Waals surface area contributed by atoms with Gasteiger partial charge in [-0.05, 0) is 17.9 Å². The molecule has 1 aliphatic rings. The largest absolute Gasteiger partial charge is 0.378 e. The van der Waals surface area contributed by atoms with Crippen molar-refractivity contribution in [3.8, 4) is 0 Å². The van der Waals surface area contributed by atoms with Crippen LogP contribution in [0.25, 0.3) is 0 Å². The van der Waals surface area contributed by atoms with Crippen molar-refractivity contribution in [1.29, 1.82) is 0 Å². The van der Waals surface area contributed by atoms with Gasteiger partial charge in [0.15, 0.2) is 6.10 Å². The first kappa shape index (κ1) is 17.5. The van der Waals surface area contributed by atoms with Gasteiger partial charge in [0.25, 0.3) is 5.91 Å². The zero-order valence-electron chi connectivity index (χ0n) is 13.5. The third kappa shape index (κ3) is 5.36. The number of hydrogen-bond acceptors (Lipinski definition) is 3. The quantitative estimate of drug-likeness (QED) is 0.806. The molecule has 2 amide bonds. The lowest BCUT2D eigenvalue weighted by molar-refractivity contribution is -0.143. The highest BCUT2D eigenvalue weighted by Gasteiger charge is 2.25. The molecule has 0 radical (unpaired) electrons. The summed E-state index contributed by atoms with van der Waals surface area (Å²) in [5.41, 5.74) is 5.80. The van der Waals surface area contributed by atoms with Crippen LogP contribution in [0.2, 0.25) is 0 Å². The molecule has 5 nitrogen and oxygen atoms in total. The summed E-state index contributed by atoms with van der Waals surface area (Å²) in [6, 6.07) is 8.77. The van der Waals surface area contributed by atoms with E-state index in [2.05, 4.69) is 0 Å². The maximum Gasteiger partial charge on any atom is 0.256 e. The zero-order valence-corrected chi connectivity index (χ0v) is 13.5. The first-order valence-electron chi connectivity index (χ1n) is 8.38. The number of nitrogens with zero attached hydrogens (tertiary/aromatic N) is 1. The van der Waals surface area contributed by atoms with Crippen LogP contribution in [0, 0.1) is 5.92 Å². The summed E-state index contributed by atoms with van der Waals surface area (Å²) >= 11 is 0. The van der Waals surface area contributed by atoms with Gasteiger partial charge in [-0.25, -0.2) is 0 Å². The fourth-order valence-electron chi connectivity index (χ4n) is 3.22. The van der Waals surface area contributed by atoms with Gasteiger partial charge in [-0.15, -0.1) is 0 Å². The SMILES string of the molecule is NC(=O)CN(CCC1CCCCC1)C(=O)C(O)c1ccccc1. The lowest BCUT2D eigenvalue weighted by atomic mass is 9.87. The third-order valence-corrected chi connectivity index (χ3v) is 4.54. The molecule has 126 valence electrons. The Hall–Kier alpha value is -1.88. The second kappa shape index (κ2) is 8.67. The number of carbonyl (C=O) groups excluding carboxylic acids is 2. The van der Waals surface area contributed by atoms with Crippen LogP contribution in [-0.2, 0) is 9.59 Å². The zero-order chi connectivity index (χ0) is 16.7. The predicted octanol–water partition coefficient (Wildman–Crippen LogP) is 2.00. The van der Waals surface area contributed by atoms with Crippen LogP contribution >= 0.6 is 0 Å². The molecular weight excluding hydrogens is 292 g/mol. The molecule has 1 atom stereocenters. The monoisotopic (exact) mass is 318 g/mol. The number of nitrogens with two attached hydrogens (primary N) is 1. The second-order valence-corrected chi connectivity index (χ2v) is 6.33. The Balaban J connectivity index is 1.98. The van der Waals surface area contributed by atoms with Crippen LogP contribution in [0.3, 0.4) is 0 Å². The Morgan fingerprint density at radius 2 is 1.83 bits per heavy atom. The Kier molecular flexibility index (Phi) is 6.59. The van der Waals surface area contributed by atoms with Gasteiger partial charge in [-0.3, -0.25) is 9.59 Å². The van der Waals surface area contributed by atoms with Gasteiger partial charge in [0, 0.05) is 6.54 Å². The third-order valence-electron chi connectivity index (χ3n) is 4.54. The van der Waals surface area contributed by atoms with Crippen LogP contribution in [0.1, 0.15) is 50.2 Å². The highest BCUT2D eigenvalue weighted by Crippen LogP contribution is 2.26. The Labute approximate surface area is 137 Å². The fourth-order valence-corrected chi connectivity index (χ4v) is 3.22. The summed E-state index contributed by atoms with van der Waals surface area (Å²) in [7, 11) is 0. The van der Waals surface area contributed by atoms with E-state index in [9.17, 15) is 14.7 Å². The Morgan fingerprint density at radius 1 is 1.17 bits per heavy atom. The summed E-state index contributed by atoms with van der Waals surface area (Å²) in [6.45, 7) is 0.325. The van der Waals surface area contributed by atoms with Crippen molar-refractivity contribution in [3.05, 3.63) is 35.9 Å². The summed E-state index contributed by atoms with van der Waals surface area (Å²) in [6.07, 6.45) is 5.73. The van der Waals surface area contributed by atoms with E-state index in [1.165, 1.54) is 37.0 Å². The number of amides is 2. The van der Waals surface area contributed by atoms with Gasteiger partial charge in [-0.2, -0.15) is 0 Å². The summed E-state index contributed by atoms with van der Waals surface area (Å²) < 4.78 is 0. The van der Waals surface area contributed by atoms with E-state index in [4.69, 9.17) is 5.73 Å².